The number of methoxy groups -OCH3 is 1. The molecule has 2 aromatic rings. The van der Waals surface area contributed by atoms with Crippen LogP contribution < -0.4 is 5.56 Å². The Morgan fingerprint density at radius 1 is 1.24 bits per heavy atom. The molecule has 21 heavy (non-hydrogen) atoms. The van der Waals surface area contributed by atoms with Crippen LogP contribution in [0.25, 0.3) is 11.3 Å². The van der Waals surface area contributed by atoms with Crippen LogP contribution in [0.4, 0.5) is 0 Å². The molecule has 0 aliphatic heterocycles. The predicted molar refractivity (Wildman–Crippen MR) is 80.1 cm³/mol. The summed E-state index contributed by atoms with van der Waals surface area (Å²) in [5.74, 6) is -0.498. The zero-order valence-electron chi connectivity index (χ0n) is 12.6. The number of carbonyl (C=O) groups excluding carboxylic acids is 1. The molecule has 0 saturated carbocycles. The fraction of sp³-hybridized carbons (Fsp3) is 0.312. The van der Waals surface area contributed by atoms with Crippen molar-refractivity contribution in [2.45, 2.75) is 26.8 Å². The Hall–Kier alpha value is -2.43. The second-order valence-electron chi connectivity index (χ2n) is 5.02. The number of aryl methyl sites for hydroxylation is 2. The molecule has 1 aromatic heterocycles. The first-order valence-corrected chi connectivity index (χ1v) is 6.69. The van der Waals surface area contributed by atoms with Gasteiger partial charge in [0.15, 0.2) is 6.04 Å². The van der Waals surface area contributed by atoms with E-state index < -0.39 is 12.0 Å². The number of carbonyl (C=O) groups is 1. The third-order valence-electron chi connectivity index (χ3n) is 3.39. The van der Waals surface area contributed by atoms with Gasteiger partial charge in [0.05, 0.1) is 12.8 Å². The summed E-state index contributed by atoms with van der Waals surface area (Å²) in [5, 5.41) is 4.31. The van der Waals surface area contributed by atoms with Crippen molar-refractivity contribution in [3.63, 3.8) is 0 Å². The van der Waals surface area contributed by atoms with E-state index in [-0.39, 0.29) is 5.56 Å². The van der Waals surface area contributed by atoms with Gasteiger partial charge in [-0.25, -0.2) is 9.48 Å². The maximum atomic E-state index is 11.9. The van der Waals surface area contributed by atoms with E-state index in [0.29, 0.717) is 5.69 Å². The first kappa shape index (κ1) is 15.0. The second kappa shape index (κ2) is 5.91. The minimum atomic E-state index is -0.756. The number of hydrogen-bond donors (Lipinski definition) is 0. The van der Waals surface area contributed by atoms with Crippen LogP contribution in [0.2, 0.25) is 0 Å². The van der Waals surface area contributed by atoms with Gasteiger partial charge in [-0.1, -0.05) is 23.8 Å². The van der Waals surface area contributed by atoms with E-state index in [0.717, 1.165) is 21.4 Å². The smallest absolute Gasteiger partial charge is 0.330 e. The van der Waals surface area contributed by atoms with E-state index in [1.54, 1.807) is 13.0 Å². The largest absolute Gasteiger partial charge is 0.467 e. The molecule has 1 atom stereocenters. The van der Waals surface area contributed by atoms with E-state index >= 15 is 0 Å². The molecule has 0 aliphatic rings. The topological polar surface area (TPSA) is 61.2 Å². The summed E-state index contributed by atoms with van der Waals surface area (Å²) in [6, 6.07) is 8.33. The molecular formula is C16H18N2O3. The number of nitrogens with zero attached hydrogens (tertiary/aromatic N) is 2. The average Bonchev–Trinajstić information content (AvgIpc) is 2.46. The van der Waals surface area contributed by atoms with Gasteiger partial charge < -0.3 is 4.74 Å². The van der Waals surface area contributed by atoms with Gasteiger partial charge in [0.2, 0.25) is 0 Å². The van der Waals surface area contributed by atoms with Crippen molar-refractivity contribution < 1.29 is 9.53 Å². The fourth-order valence-electron chi connectivity index (χ4n) is 2.22. The molecule has 0 radical (unpaired) electrons. The Labute approximate surface area is 123 Å². The molecule has 1 heterocycles. The van der Waals surface area contributed by atoms with Crippen LogP contribution in [-0.2, 0) is 9.53 Å². The highest BCUT2D eigenvalue weighted by Crippen LogP contribution is 2.21. The third kappa shape index (κ3) is 3.02. The standard InChI is InChI=1S/C16H18N2O3/c1-10-5-6-13(11(2)9-10)14-7-8-15(19)18(17-14)12(3)16(20)21-4/h5-9,12H,1-4H3. The Kier molecular flexibility index (Phi) is 4.21. The molecule has 0 aliphatic carbocycles. The Bertz CT molecular complexity index is 735. The lowest BCUT2D eigenvalue weighted by Crippen LogP contribution is -2.30. The van der Waals surface area contributed by atoms with Gasteiger partial charge in [-0.15, -0.1) is 0 Å². The summed E-state index contributed by atoms with van der Waals surface area (Å²) >= 11 is 0. The lowest BCUT2D eigenvalue weighted by molar-refractivity contribution is -0.144. The van der Waals surface area contributed by atoms with Gasteiger partial charge in [-0.05, 0) is 32.4 Å². The first-order valence-electron chi connectivity index (χ1n) is 6.69. The summed E-state index contributed by atoms with van der Waals surface area (Å²) in [6.07, 6.45) is 0. The molecule has 1 unspecified atom stereocenters. The van der Waals surface area contributed by atoms with Crippen LogP contribution in [0.15, 0.2) is 35.1 Å². The van der Waals surface area contributed by atoms with Gasteiger partial charge in [0, 0.05) is 11.6 Å². The summed E-state index contributed by atoms with van der Waals surface area (Å²) in [6.45, 7) is 5.60. The summed E-state index contributed by atoms with van der Waals surface area (Å²) < 4.78 is 5.82. The van der Waals surface area contributed by atoms with Crippen molar-refractivity contribution in [2.24, 2.45) is 0 Å². The Morgan fingerprint density at radius 3 is 2.57 bits per heavy atom. The normalized spacial score (nSPS) is 12.0. The number of rotatable bonds is 3. The minimum Gasteiger partial charge on any atom is -0.467 e. The van der Waals surface area contributed by atoms with Gasteiger partial charge in [0.1, 0.15) is 0 Å². The molecule has 0 amide bonds. The van der Waals surface area contributed by atoms with Gasteiger partial charge in [0.25, 0.3) is 5.56 Å². The van der Waals surface area contributed by atoms with E-state index in [1.165, 1.54) is 13.2 Å². The highest BCUT2D eigenvalue weighted by molar-refractivity contribution is 5.73. The molecule has 0 spiro atoms. The second-order valence-corrected chi connectivity index (χ2v) is 5.02. The number of benzene rings is 1. The molecule has 2 rings (SSSR count). The van der Waals surface area contributed by atoms with Crippen LogP contribution in [0.3, 0.4) is 0 Å². The minimum absolute atomic E-state index is 0.332. The lowest BCUT2D eigenvalue weighted by atomic mass is 10.0. The Morgan fingerprint density at radius 2 is 1.95 bits per heavy atom. The summed E-state index contributed by atoms with van der Waals surface area (Å²) in [5.41, 5.74) is 3.49. The zero-order chi connectivity index (χ0) is 15.6. The van der Waals surface area contributed by atoms with Crippen LogP contribution in [0.1, 0.15) is 24.1 Å². The fourth-order valence-corrected chi connectivity index (χ4v) is 2.22. The number of esters is 1. The van der Waals surface area contributed by atoms with Crippen molar-refractivity contribution in [3.05, 3.63) is 51.8 Å². The van der Waals surface area contributed by atoms with Gasteiger partial charge in [-0.2, -0.15) is 5.10 Å². The SMILES string of the molecule is COC(=O)C(C)n1nc(-c2ccc(C)cc2C)ccc1=O. The molecule has 0 N–H and O–H groups in total. The maximum absolute atomic E-state index is 11.9. The lowest BCUT2D eigenvalue weighted by Gasteiger charge is -2.13. The molecule has 0 saturated heterocycles. The van der Waals surface area contributed by atoms with Crippen molar-refractivity contribution in [2.75, 3.05) is 7.11 Å². The first-order chi connectivity index (χ1) is 9.93. The van der Waals surface area contributed by atoms with E-state index in [9.17, 15) is 9.59 Å². The highest BCUT2D eigenvalue weighted by atomic mass is 16.5. The molecule has 1 aromatic carbocycles. The third-order valence-corrected chi connectivity index (χ3v) is 3.39. The van der Waals surface area contributed by atoms with Gasteiger partial charge >= 0.3 is 5.97 Å². The van der Waals surface area contributed by atoms with Crippen LogP contribution in [-0.4, -0.2) is 22.9 Å². The molecule has 0 fully saturated rings. The maximum Gasteiger partial charge on any atom is 0.330 e. The molecule has 5 nitrogen and oxygen atoms in total. The Balaban J connectivity index is 2.52. The van der Waals surface area contributed by atoms with Crippen LogP contribution in [0.5, 0.6) is 0 Å². The number of aromatic nitrogens is 2. The van der Waals surface area contributed by atoms with Crippen molar-refractivity contribution in [1.82, 2.24) is 9.78 Å². The van der Waals surface area contributed by atoms with E-state index in [2.05, 4.69) is 15.9 Å². The van der Waals surface area contributed by atoms with Gasteiger partial charge in [-0.3, -0.25) is 4.79 Å². The van der Waals surface area contributed by atoms with Crippen LogP contribution in [0, 0.1) is 13.8 Å². The highest BCUT2D eigenvalue weighted by Gasteiger charge is 2.18. The molecule has 110 valence electrons. The van der Waals surface area contributed by atoms with E-state index in [1.807, 2.05) is 26.0 Å². The number of ether oxygens (including phenoxy) is 1. The summed E-state index contributed by atoms with van der Waals surface area (Å²) in [7, 11) is 1.29. The number of hydrogen-bond acceptors (Lipinski definition) is 4. The molecule has 5 heteroatoms. The molecule has 0 bridgehead atoms. The van der Waals surface area contributed by atoms with Crippen molar-refractivity contribution in [3.8, 4) is 11.3 Å². The van der Waals surface area contributed by atoms with Crippen molar-refractivity contribution in [1.29, 1.82) is 0 Å². The monoisotopic (exact) mass is 286 g/mol. The van der Waals surface area contributed by atoms with Crippen LogP contribution >= 0.6 is 0 Å². The summed E-state index contributed by atoms with van der Waals surface area (Å²) in [4.78, 5) is 23.5. The zero-order valence-corrected chi connectivity index (χ0v) is 12.6. The van der Waals surface area contributed by atoms with Crippen molar-refractivity contribution >= 4 is 5.97 Å². The average molecular weight is 286 g/mol. The molecular weight excluding hydrogens is 268 g/mol. The predicted octanol–water partition coefficient (Wildman–Crippen LogP) is 2.26. The van der Waals surface area contributed by atoms with E-state index in [4.69, 9.17) is 0 Å². The quantitative estimate of drug-likeness (QED) is 0.812.